The molecule has 2 aromatic rings. The number of carbonyl (C=O) groups is 2. The number of furan rings is 1. The van der Waals surface area contributed by atoms with Crippen molar-refractivity contribution in [3.8, 4) is 11.3 Å². The first-order valence-corrected chi connectivity index (χ1v) is 12.6. The highest BCUT2D eigenvalue weighted by atomic mass is 32.2. The molecule has 1 N–H and O–H groups in total. The van der Waals surface area contributed by atoms with Crippen molar-refractivity contribution in [1.29, 1.82) is 5.41 Å². The molecule has 0 atom stereocenters. The van der Waals surface area contributed by atoms with Crippen LogP contribution in [0.1, 0.15) is 36.9 Å². The molecule has 0 saturated heterocycles. The van der Waals surface area contributed by atoms with Crippen molar-refractivity contribution in [1.82, 2.24) is 4.90 Å². The van der Waals surface area contributed by atoms with Gasteiger partial charge in [-0.15, -0.1) is 0 Å². The second kappa shape index (κ2) is 9.03. The molecule has 176 valence electrons. The van der Waals surface area contributed by atoms with Crippen LogP contribution >= 0.6 is 11.9 Å². The molecular weight excluding hydrogens is 480 g/mol. The molecule has 3 heterocycles. The lowest BCUT2D eigenvalue weighted by Crippen LogP contribution is -2.46. The lowest BCUT2D eigenvalue weighted by Gasteiger charge is -2.25. The molecule has 0 fully saturated rings. The molecular formula is C22H20N4O6S2. The molecule has 1 amide bonds. The number of carbonyl (C=O) groups excluding carboxylic acids is 2. The van der Waals surface area contributed by atoms with Crippen molar-refractivity contribution in [2.24, 2.45) is 9.39 Å². The molecule has 1 aromatic carbocycles. The Bertz CT molecular complexity index is 1380. The van der Waals surface area contributed by atoms with E-state index in [1.54, 1.807) is 43.3 Å². The zero-order valence-electron chi connectivity index (χ0n) is 18.4. The van der Waals surface area contributed by atoms with Crippen LogP contribution in [0, 0.1) is 5.41 Å². The monoisotopic (exact) mass is 500 g/mol. The predicted octanol–water partition coefficient (Wildman–Crippen LogP) is 3.52. The van der Waals surface area contributed by atoms with Crippen LogP contribution in [0.25, 0.3) is 17.4 Å². The summed E-state index contributed by atoms with van der Waals surface area (Å²) in [4.78, 5) is 29.3. The number of benzene rings is 1. The van der Waals surface area contributed by atoms with Crippen molar-refractivity contribution < 1.29 is 27.2 Å². The average Bonchev–Trinajstić information content (AvgIpc) is 3.44. The van der Waals surface area contributed by atoms with Crippen LogP contribution in [-0.2, 0) is 19.4 Å². The summed E-state index contributed by atoms with van der Waals surface area (Å²) in [6.07, 6.45) is 1.34. The minimum Gasteiger partial charge on any atom is -0.462 e. The zero-order valence-corrected chi connectivity index (χ0v) is 20.1. The Kier molecular flexibility index (Phi) is 6.28. The number of esters is 1. The Hall–Kier alpha value is -3.51. The van der Waals surface area contributed by atoms with E-state index in [4.69, 9.17) is 14.6 Å². The zero-order chi connectivity index (χ0) is 24.6. The second-order valence-electron chi connectivity index (χ2n) is 7.50. The van der Waals surface area contributed by atoms with Crippen molar-refractivity contribution in [2.75, 3.05) is 6.61 Å². The van der Waals surface area contributed by atoms with Crippen LogP contribution in [-0.4, -0.2) is 53.2 Å². The molecule has 0 aliphatic carbocycles. The van der Waals surface area contributed by atoms with Gasteiger partial charge >= 0.3 is 5.97 Å². The van der Waals surface area contributed by atoms with Gasteiger partial charge in [0, 0.05) is 5.56 Å². The molecule has 0 saturated carbocycles. The highest BCUT2D eigenvalue weighted by molar-refractivity contribution is 8.16. The van der Waals surface area contributed by atoms with Crippen LogP contribution in [0.15, 0.2) is 55.8 Å². The van der Waals surface area contributed by atoms with Gasteiger partial charge in [0.2, 0.25) is 20.2 Å². The van der Waals surface area contributed by atoms with Crippen molar-refractivity contribution >= 4 is 55.9 Å². The molecule has 0 unspecified atom stereocenters. The van der Waals surface area contributed by atoms with Gasteiger partial charge in [0.05, 0.1) is 34.9 Å². The fourth-order valence-corrected chi connectivity index (χ4v) is 5.17. The molecule has 1 aromatic heterocycles. The number of rotatable bonds is 5. The van der Waals surface area contributed by atoms with Gasteiger partial charge in [-0.05, 0) is 51.1 Å². The lowest BCUT2D eigenvalue weighted by atomic mass is 10.1. The van der Waals surface area contributed by atoms with Gasteiger partial charge in [0.25, 0.3) is 5.91 Å². The first-order chi connectivity index (χ1) is 16.1. The number of aliphatic imine (C=N–C) groups is 1. The number of hydrogen-bond acceptors (Lipinski definition) is 9. The van der Waals surface area contributed by atoms with Gasteiger partial charge in [-0.2, -0.15) is 9.39 Å². The van der Waals surface area contributed by atoms with Crippen LogP contribution < -0.4 is 0 Å². The molecule has 10 nitrogen and oxygen atoms in total. The summed E-state index contributed by atoms with van der Waals surface area (Å²) in [5.74, 6) is -0.717. The number of nitrogens with zero attached hydrogens (tertiary/aromatic N) is 3. The maximum atomic E-state index is 12.7. The SMILES string of the molecule is CCOC(=O)c1ccc(-c2ccc(/C=C3/C(=N)N4C(=NC3=O)SN=C4S(=O)(=O)C(C)C)o2)cc1. The number of fused-ring (bicyclic) bond motifs is 1. The van der Waals surface area contributed by atoms with E-state index < -0.39 is 27.0 Å². The normalized spacial score (nSPS) is 17.2. The Labute approximate surface area is 200 Å². The van der Waals surface area contributed by atoms with E-state index >= 15 is 0 Å². The minimum atomic E-state index is -3.80. The third-order valence-electron chi connectivity index (χ3n) is 4.96. The number of amidine groups is 3. The predicted molar refractivity (Wildman–Crippen MR) is 129 cm³/mol. The molecule has 0 bridgehead atoms. The molecule has 0 radical (unpaired) electrons. The van der Waals surface area contributed by atoms with Crippen LogP contribution in [0.5, 0.6) is 0 Å². The summed E-state index contributed by atoms with van der Waals surface area (Å²) in [7, 11) is -3.80. The average molecular weight is 501 g/mol. The summed E-state index contributed by atoms with van der Waals surface area (Å²) >= 11 is 0.741. The van der Waals surface area contributed by atoms with Gasteiger partial charge in [-0.1, -0.05) is 12.1 Å². The maximum Gasteiger partial charge on any atom is 0.338 e. The van der Waals surface area contributed by atoms with Gasteiger partial charge in [-0.25, -0.2) is 18.1 Å². The number of ether oxygens (including phenoxy) is 1. The quantitative estimate of drug-likeness (QED) is 0.373. The molecule has 2 aliphatic heterocycles. The summed E-state index contributed by atoms with van der Waals surface area (Å²) in [6, 6.07) is 9.93. The maximum absolute atomic E-state index is 12.7. The van der Waals surface area contributed by atoms with Crippen LogP contribution in [0.4, 0.5) is 0 Å². The number of amides is 1. The van der Waals surface area contributed by atoms with Crippen molar-refractivity contribution in [2.45, 2.75) is 26.0 Å². The summed E-state index contributed by atoms with van der Waals surface area (Å²) in [5.41, 5.74) is 0.972. The van der Waals surface area contributed by atoms with E-state index in [1.165, 1.54) is 19.9 Å². The fraction of sp³-hybridized carbons (Fsp3) is 0.227. The standard InChI is InChI=1S/C22H20N4O6S2/c1-4-31-20(28)14-7-5-13(6-8-14)17-10-9-15(32-17)11-16-18(23)26-21(24-19(16)27)33-25-22(26)34(29,30)12(2)3/h5-12,23H,4H2,1-3H3/b16-11-,23-18?. The van der Waals surface area contributed by atoms with E-state index in [9.17, 15) is 18.0 Å². The van der Waals surface area contributed by atoms with Crippen LogP contribution in [0.2, 0.25) is 0 Å². The smallest absolute Gasteiger partial charge is 0.338 e. The Morgan fingerprint density at radius 3 is 2.59 bits per heavy atom. The van der Waals surface area contributed by atoms with E-state index in [0.29, 0.717) is 16.9 Å². The third kappa shape index (κ3) is 4.21. The summed E-state index contributed by atoms with van der Waals surface area (Å²) < 4.78 is 40.0. The van der Waals surface area contributed by atoms with Gasteiger partial charge < -0.3 is 9.15 Å². The first kappa shape index (κ1) is 23.6. The minimum absolute atomic E-state index is 0.0215. The van der Waals surface area contributed by atoms with E-state index in [1.807, 2.05) is 0 Å². The van der Waals surface area contributed by atoms with E-state index in [0.717, 1.165) is 16.8 Å². The number of nitrogens with one attached hydrogen (secondary N) is 1. The number of hydrogen-bond donors (Lipinski definition) is 1. The largest absolute Gasteiger partial charge is 0.462 e. The molecule has 4 rings (SSSR count). The van der Waals surface area contributed by atoms with Crippen molar-refractivity contribution in [3.63, 3.8) is 0 Å². The molecule has 2 aliphatic rings. The summed E-state index contributed by atoms with van der Waals surface area (Å²) in [5, 5.41) is 7.43. The fourth-order valence-electron chi connectivity index (χ4n) is 3.11. The molecule has 34 heavy (non-hydrogen) atoms. The van der Waals surface area contributed by atoms with Gasteiger partial charge in [0.15, 0.2) is 0 Å². The lowest BCUT2D eigenvalue weighted by molar-refractivity contribution is -0.114. The highest BCUT2D eigenvalue weighted by Crippen LogP contribution is 2.31. The second-order valence-corrected chi connectivity index (χ2v) is 10.6. The Balaban J connectivity index is 1.61. The van der Waals surface area contributed by atoms with Gasteiger partial charge in [-0.3, -0.25) is 10.2 Å². The van der Waals surface area contributed by atoms with E-state index in [-0.39, 0.29) is 34.1 Å². The number of sulfone groups is 1. The topological polar surface area (TPSA) is 142 Å². The molecule has 12 heteroatoms. The summed E-state index contributed by atoms with van der Waals surface area (Å²) in [6.45, 7) is 5.03. The third-order valence-corrected chi connectivity index (χ3v) is 7.80. The van der Waals surface area contributed by atoms with Crippen LogP contribution in [0.3, 0.4) is 0 Å². The van der Waals surface area contributed by atoms with Crippen molar-refractivity contribution in [3.05, 3.63) is 53.3 Å². The first-order valence-electron chi connectivity index (χ1n) is 10.2. The van der Waals surface area contributed by atoms with Gasteiger partial charge in [0.1, 0.15) is 17.4 Å². The highest BCUT2D eigenvalue weighted by Gasteiger charge is 2.43. The Morgan fingerprint density at radius 2 is 1.94 bits per heavy atom. The Morgan fingerprint density at radius 1 is 1.24 bits per heavy atom. The van der Waals surface area contributed by atoms with E-state index in [2.05, 4.69) is 9.39 Å². The molecule has 0 spiro atoms.